The second-order valence-electron chi connectivity index (χ2n) is 6.65. The molecule has 132 valence electrons. The molecule has 1 saturated heterocycles. The van der Waals surface area contributed by atoms with Gasteiger partial charge in [-0.15, -0.1) is 0 Å². The summed E-state index contributed by atoms with van der Waals surface area (Å²) in [4.78, 5) is 14.0. The van der Waals surface area contributed by atoms with Crippen LogP contribution in [0.5, 0.6) is 0 Å². The van der Waals surface area contributed by atoms with Gasteiger partial charge in [-0.3, -0.25) is 4.79 Å². The predicted molar refractivity (Wildman–Crippen MR) is 86.3 cm³/mol. The van der Waals surface area contributed by atoms with Crippen molar-refractivity contribution in [1.82, 2.24) is 0 Å². The molecule has 7 heteroatoms. The number of piperidine rings is 1. The topological polar surface area (TPSA) is 72.8 Å². The highest BCUT2D eigenvalue weighted by molar-refractivity contribution is 5.99. The van der Waals surface area contributed by atoms with Gasteiger partial charge in [-0.25, -0.2) is 0 Å². The van der Waals surface area contributed by atoms with Crippen molar-refractivity contribution in [3.05, 3.63) is 24.3 Å². The van der Waals surface area contributed by atoms with Gasteiger partial charge in [0, 0.05) is 13.1 Å². The minimum Gasteiger partial charge on any atom is -0.393 e. The molecule has 1 amide bonds. The lowest BCUT2D eigenvalue weighted by molar-refractivity contribution is -0.212. The van der Waals surface area contributed by atoms with Crippen LogP contribution in [0, 0.1) is 0 Å². The van der Waals surface area contributed by atoms with E-state index in [0.717, 1.165) is 0 Å². The van der Waals surface area contributed by atoms with Crippen LogP contribution in [0.4, 0.5) is 20.2 Å². The Morgan fingerprint density at radius 1 is 1.25 bits per heavy atom. The van der Waals surface area contributed by atoms with Gasteiger partial charge >= 0.3 is 5.92 Å². The van der Waals surface area contributed by atoms with E-state index in [2.05, 4.69) is 5.32 Å². The summed E-state index contributed by atoms with van der Waals surface area (Å²) in [7, 11) is 0. The average molecular weight is 340 g/mol. The molecule has 1 aromatic carbocycles. The van der Waals surface area contributed by atoms with Crippen LogP contribution in [0.2, 0.25) is 0 Å². The highest BCUT2D eigenvalue weighted by Gasteiger charge is 2.61. The summed E-state index contributed by atoms with van der Waals surface area (Å²) in [5.41, 5.74) is -1.29. The Balaban J connectivity index is 1.77. The monoisotopic (exact) mass is 340 g/mol. The van der Waals surface area contributed by atoms with Crippen LogP contribution in [-0.2, 0) is 4.79 Å². The van der Waals surface area contributed by atoms with Crippen LogP contribution >= 0.6 is 0 Å². The van der Waals surface area contributed by atoms with Crippen molar-refractivity contribution >= 4 is 17.3 Å². The van der Waals surface area contributed by atoms with Crippen LogP contribution in [0.15, 0.2) is 24.3 Å². The quantitative estimate of drug-likeness (QED) is 0.785. The van der Waals surface area contributed by atoms with E-state index in [1.54, 1.807) is 24.3 Å². The first-order valence-electron chi connectivity index (χ1n) is 8.27. The maximum Gasteiger partial charge on any atom is 0.352 e. The third kappa shape index (κ3) is 2.98. The maximum absolute atomic E-state index is 14.2. The first kappa shape index (κ1) is 17.1. The zero-order chi connectivity index (χ0) is 17.4. The largest absolute Gasteiger partial charge is 0.393 e. The Kier molecular flexibility index (Phi) is 4.48. The molecule has 1 heterocycles. The van der Waals surface area contributed by atoms with E-state index in [9.17, 15) is 23.8 Å². The molecular formula is C17H22F2N2O3. The first-order chi connectivity index (χ1) is 11.3. The molecule has 0 aromatic heterocycles. The fourth-order valence-electron chi connectivity index (χ4n) is 3.20. The number of carbonyl (C=O) groups is 1. The Morgan fingerprint density at radius 2 is 1.88 bits per heavy atom. The van der Waals surface area contributed by atoms with Crippen molar-refractivity contribution in [2.24, 2.45) is 0 Å². The molecule has 1 aliphatic heterocycles. The summed E-state index contributed by atoms with van der Waals surface area (Å²) in [6.07, 6.45) is 1.20. The van der Waals surface area contributed by atoms with Crippen molar-refractivity contribution in [2.45, 2.75) is 49.7 Å². The number of carbonyl (C=O) groups excluding carboxylic acids is 1. The van der Waals surface area contributed by atoms with E-state index in [0.29, 0.717) is 43.7 Å². The standard InChI is InChI=1S/C17H22F2N2O3/c18-17(19,16(24)8-3-9-16)15(23)20-13-4-1-2-5-14(13)21-10-6-12(22)7-11-21/h1-2,4-5,12,22,24H,3,6-11H2,(H,20,23). The summed E-state index contributed by atoms with van der Waals surface area (Å²) < 4.78 is 28.5. The van der Waals surface area contributed by atoms with Crippen LogP contribution in [0.1, 0.15) is 32.1 Å². The van der Waals surface area contributed by atoms with E-state index >= 15 is 0 Å². The first-order valence-corrected chi connectivity index (χ1v) is 8.27. The minimum absolute atomic E-state index is 0.0704. The van der Waals surface area contributed by atoms with Gasteiger partial charge in [-0.2, -0.15) is 8.78 Å². The second kappa shape index (κ2) is 6.29. The normalized spacial score (nSPS) is 21.2. The lowest BCUT2D eigenvalue weighted by Gasteiger charge is -2.41. The number of amides is 1. The lowest BCUT2D eigenvalue weighted by Crippen LogP contribution is -2.59. The average Bonchev–Trinajstić information content (AvgIpc) is 2.54. The molecular weight excluding hydrogens is 318 g/mol. The number of benzene rings is 1. The zero-order valence-electron chi connectivity index (χ0n) is 13.3. The number of nitrogens with one attached hydrogen (secondary N) is 1. The van der Waals surface area contributed by atoms with Gasteiger partial charge < -0.3 is 20.4 Å². The van der Waals surface area contributed by atoms with Crippen molar-refractivity contribution in [3.8, 4) is 0 Å². The van der Waals surface area contributed by atoms with Crippen LogP contribution < -0.4 is 10.2 Å². The smallest absolute Gasteiger partial charge is 0.352 e. The van der Waals surface area contributed by atoms with E-state index in [1.165, 1.54) is 0 Å². The van der Waals surface area contributed by atoms with E-state index < -0.39 is 17.4 Å². The van der Waals surface area contributed by atoms with E-state index in [4.69, 9.17) is 0 Å². The van der Waals surface area contributed by atoms with Gasteiger partial charge in [-0.1, -0.05) is 12.1 Å². The number of alkyl halides is 2. The fraction of sp³-hybridized carbons (Fsp3) is 0.588. The third-order valence-electron chi connectivity index (χ3n) is 5.01. The number of anilines is 2. The molecule has 3 N–H and O–H groups in total. The Hall–Kier alpha value is -1.73. The van der Waals surface area contributed by atoms with Crippen molar-refractivity contribution in [2.75, 3.05) is 23.3 Å². The molecule has 1 saturated carbocycles. The zero-order valence-corrected chi connectivity index (χ0v) is 13.3. The molecule has 0 unspecified atom stereocenters. The molecule has 24 heavy (non-hydrogen) atoms. The van der Waals surface area contributed by atoms with Crippen LogP contribution in [-0.4, -0.2) is 46.8 Å². The maximum atomic E-state index is 14.2. The van der Waals surface area contributed by atoms with Gasteiger partial charge in [0.15, 0.2) is 0 Å². The van der Waals surface area contributed by atoms with Gasteiger partial charge in [0.1, 0.15) is 5.60 Å². The molecule has 2 aliphatic rings. The highest BCUT2D eigenvalue weighted by atomic mass is 19.3. The number of hydrogen-bond donors (Lipinski definition) is 3. The summed E-state index contributed by atoms with van der Waals surface area (Å²) >= 11 is 0. The number of rotatable bonds is 4. The molecule has 1 aliphatic carbocycles. The number of aliphatic hydroxyl groups excluding tert-OH is 1. The molecule has 5 nitrogen and oxygen atoms in total. The SMILES string of the molecule is O=C(Nc1ccccc1N1CCC(O)CC1)C(F)(F)C1(O)CCC1. The number of nitrogens with zero attached hydrogens (tertiary/aromatic N) is 1. The fourth-order valence-corrected chi connectivity index (χ4v) is 3.20. The van der Waals surface area contributed by atoms with E-state index in [1.807, 2.05) is 4.90 Å². The summed E-state index contributed by atoms with van der Waals surface area (Å²) in [5.74, 6) is -5.30. The summed E-state index contributed by atoms with van der Waals surface area (Å²) in [6.45, 7) is 1.18. The number of hydrogen-bond acceptors (Lipinski definition) is 4. The number of aliphatic hydroxyl groups is 2. The lowest BCUT2D eigenvalue weighted by atomic mass is 9.75. The van der Waals surface area contributed by atoms with E-state index in [-0.39, 0.29) is 18.9 Å². The van der Waals surface area contributed by atoms with Gasteiger partial charge in [0.2, 0.25) is 0 Å². The van der Waals surface area contributed by atoms with Gasteiger partial charge in [-0.05, 0) is 44.2 Å². The van der Waals surface area contributed by atoms with Gasteiger partial charge in [0.05, 0.1) is 17.5 Å². The molecule has 3 rings (SSSR count). The van der Waals surface area contributed by atoms with Crippen LogP contribution in [0.25, 0.3) is 0 Å². The predicted octanol–water partition coefficient (Wildman–Crippen LogP) is 2.14. The van der Waals surface area contributed by atoms with Crippen molar-refractivity contribution < 1.29 is 23.8 Å². The van der Waals surface area contributed by atoms with Crippen LogP contribution in [0.3, 0.4) is 0 Å². The van der Waals surface area contributed by atoms with Crippen molar-refractivity contribution in [1.29, 1.82) is 0 Å². The molecule has 1 aromatic rings. The number of halogens is 2. The highest BCUT2D eigenvalue weighted by Crippen LogP contribution is 2.45. The Labute approximate surface area is 139 Å². The summed E-state index contributed by atoms with van der Waals surface area (Å²) in [5, 5.41) is 21.8. The van der Waals surface area contributed by atoms with Gasteiger partial charge in [0.25, 0.3) is 5.91 Å². The molecule has 0 spiro atoms. The molecule has 0 atom stereocenters. The number of para-hydroxylation sites is 2. The Bertz CT molecular complexity index is 612. The minimum atomic E-state index is -3.82. The Morgan fingerprint density at radius 3 is 2.46 bits per heavy atom. The molecule has 0 radical (unpaired) electrons. The summed E-state index contributed by atoms with van der Waals surface area (Å²) in [6, 6.07) is 6.75. The van der Waals surface area contributed by atoms with Crippen molar-refractivity contribution in [3.63, 3.8) is 0 Å². The third-order valence-corrected chi connectivity index (χ3v) is 5.01. The molecule has 0 bridgehead atoms. The molecule has 2 fully saturated rings. The second-order valence-corrected chi connectivity index (χ2v) is 6.65.